The summed E-state index contributed by atoms with van der Waals surface area (Å²) in [6.07, 6.45) is -24.8. The Kier molecular flexibility index (Phi) is 44.7. The Balaban J connectivity index is 0.000000740. The SMILES string of the molecule is CC(C)(C)c1c(Cl)c(Cl)c(Cl)c(Cl)c1Cl.CC(C)(C)c1ccc(C(F)(F)F)cc1F.Cc1cc(C(C)(C)C)cc(C(F)(F)F)c1.Cc1cc(C(C)(C)C)cc(C(F)(F)F)c1.Cc1cc(C(C)(C)C)cc(C(F)(F)F)c1.Cc1cc(C(C)(C)C)cc(C(F)(F)F)c1.Cc1ccc(C(F)(F)F)cc1C(C)(C)C.Cc1ccc(C(F)(F)F)cc1C(C)(C)C.[CH2-][O+]1CCCC1.[CH2-][O+]1CCCC1. The number of hydrogen-bond acceptors (Lipinski definition) is 0. The third-order valence-electron chi connectivity index (χ3n) is 20.1. The van der Waals surface area contributed by atoms with Crippen molar-refractivity contribution in [1.29, 1.82) is 0 Å². The van der Waals surface area contributed by atoms with Crippen LogP contribution in [0.3, 0.4) is 0 Å². The molecule has 0 atom stereocenters. The third-order valence-corrected chi connectivity index (χ3v) is 22.4. The molecule has 0 N–H and O–H groups in total. The lowest BCUT2D eigenvalue weighted by atomic mass is 9.83. The minimum absolute atomic E-state index is 0.196. The molecule has 0 aliphatic carbocycles. The maximum Gasteiger partial charge on any atom is 0.416 e. The van der Waals surface area contributed by atoms with Gasteiger partial charge in [0.05, 0.1) is 64.1 Å². The lowest BCUT2D eigenvalue weighted by Crippen LogP contribution is -2.15. The highest BCUT2D eigenvalue weighted by Gasteiger charge is 2.39. The molecule has 2 saturated heterocycles. The van der Waals surface area contributed by atoms with Crippen molar-refractivity contribution in [2.45, 2.75) is 320 Å². The Morgan fingerprint density at radius 2 is 0.409 bits per heavy atom. The van der Waals surface area contributed by atoms with Crippen LogP contribution in [0.2, 0.25) is 25.1 Å². The molecule has 0 amide bonds. The quantitative estimate of drug-likeness (QED) is 0.0469. The van der Waals surface area contributed by atoms with E-state index in [1.54, 1.807) is 72.7 Å². The van der Waals surface area contributed by atoms with E-state index < -0.39 is 93.4 Å². The Hall–Kier alpha value is -6.41. The van der Waals surface area contributed by atoms with E-state index in [4.69, 9.17) is 58.0 Å². The van der Waals surface area contributed by atoms with Crippen molar-refractivity contribution < 1.29 is 105 Å². The van der Waals surface area contributed by atoms with Crippen molar-refractivity contribution in [3.63, 3.8) is 0 Å². The Labute approximate surface area is 794 Å². The Morgan fingerprint density at radius 3 is 0.576 bits per heavy atom. The predicted octanol–water partition coefficient (Wildman–Crippen LogP) is 38.5. The van der Waals surface area contributed by atoms with E-state index in [0.717, 1.165) is 89.1 Å². The van der Waals surface area contributed by atoms with Gasteiger partial charge in [-0.3, -0.25) is 0 Å². The summed E-state index contributed by atoms with van der Waals surface area (Å²) in [5, 5.41) is 1.42. The number of alkyl halides is 21. The summed E-state index contributed by atoms with van der Waals surface area (Å²) in [6, 6.07) is 27.3. The van der Waals surface area contributed by atoms with Crippen LogP contribution in [-0.2, 0) is 95.3 Å². The van der Waals surface area contributed by atoms with E-state index in [1.165, 1.54) is 105 Å². The molecule has 2 fully saturated rings. The Morgan fingerprint density at radius 1 is 0.220 bits per heavy atom. The molecule has 132 heavy (non-hydrogen) atoms. The summed E-state index contributed by atoms with van der Waals surface area (Å²) < 4.78 is 281. The minimum atomic E-state index is -4.49. The van der Waals surface area contributed by atoms with Crippen LogP contribution in [0.15, 0.2) is 127 Å². The largest absolute Gasteiger partial charge is 0.570 e. The van der Waals surface area contributed by atoms with Crippen molar-refractivity contribution in [2.75, 3.05) is 26.4 Å². The van der Waals surface area contributed by atoms with Gasteiger partial charge in [0.15, 0.2) is 0 Å². The van der Waals surface area contributed by atoms with E-state index >= 15 is 0 Å². The van der Waals surface area contributed by atoms with Crippen molar-refractivity contribution in [3.05, 3.63) is 289 Å². The van der Waals surface area contributed by atoms with E-state index in [-0.39, 0.29) is 58.5 Å². The summed E-state index contributed by atoms with van der Waals surface area (Å²) >= 11 is 30.0. The fourth-order valence-electron chi connectivity index (χ4n) is 12.7. The molecular weight excluding hydrogens is 1860 g/mol. The number of benzene rings is 8. The van der Waals surface area contributed by atoms with Gasteiger partial charge in [-0.05, 0) is 225 Å². The second kappa shape index (κ2) is 47.8. The topological polar surface area (TPSA) is 5.40 Å². The fraction of sp³-hybridized carbons (Fsp3) is 0.515. The molecule has 0 spiro atoms. The van der Waals surface area contributed by atoms with E-state index in [2.05, 4.69) is 23.0 Å². The van der Waals surface area contributed by atoms with Gasteiger partial charge in [0, 0.05) is 25.7 Å². The highest BCUT2D eigenvalue weighted by molar-refractivity contribution is 6.55. The smallest absolute Gasteiger partial charge is 0.416 e. The zero-order valence-corrected chi connectivity index (χ0v) is 85.0. The van der Waals surface area contributed by atoms with Gasteiger partial charge in [0.1, 0.15) is 32.2 Å². The summed E-state index contributed by atoms with van der Waals surface area (Å²) in [4.78, 5) is 0. The molecule has 0 radical (unpaired) electrons. The van der Waals surface area contributed by atoms with E-state index in [1.807, 2.05) is 159 Å². The van der Waals surface area contributed by atoms with Crippen LogP contribution in [-0.4, -0.2) is 26.4 Å². The van der Waals surface area contributed by atoms with Gasteiger partial charge >= 0.3 is 43.2 Å². The van der Waals surface area contributed by atoms with E-state index in [0.29, 0.717) is 43.9 Å². The summed E-state index contributed by atoms with van der Waals surface area (Å²) in [5.41, 5.74) is 3.13. The summed E-state index contributed by atoms with van der Waals surface area (Å²) in [6.45, 7) is 60.4. The van der Waals surface area contributed by atoms with Crippen LogP contribution < -0.4 is 0 Å². The van der Waals surface area contributed by atoms with Gasteiger partial charge < -0.3 is 8.73 Å². The van der Waals surface area contributed by atoms with Crippen LogP contribution in [0.5, 0.6) is 0 Å². The first-order chi connectivity index (χ1) is 58.7. The zero-order valence-electron chi connectivity index (χ0n) is 81.2. The highest BCUT2D eigenvalue weighted by Crippen LogP contribution is 2.49. The molecule has 10 rings (SSSR count). The van der Waals surface area contributed by atoms with Crippen molar-refractivity contribution >= 4 is 58.0 Å². The molecular formula is C103H131Cl5F22O2. The zero-order chi connectivity index (χ0) is 104. The molecule has 2 aliphatic rings. The first kappa shape index (κ1) is 124. The molecule has 0 aromatic heterocycles. The van der Waals surface area contributed by atoms with Crippen molar-refractivity contribution in [3.8, 4) is 0 Å². The van der Waals surface area contributed by atoms with Gasteiger partial charge in [0.2, 0.25) is 0 Å². The average molecular weight is 2000 g/mol. The minimum Gasteiger partial charge on any atom is -0.570 e. The number of halogens is 27. The molecule has 0 saturated carbocycles. The van der Waals surface area contributed by atoms with Gasteiger partial charge in [0.25, 0.3) is 0 Å². The van der Waals surface area contributed by atoms with Crippen LogP contribution >= 0.6 is 58.0 Å². The average Bonchev–Trinajstić information content (AvgIpc) is 0.882. The Bertz CT molecular complexity index is 4440. The van der Waals surface area contributed by atoms with Crippen molar-refractivity contribution in [2.24, 2.45) is 0 Å². The summed E-state index contributed by atoms with van der Waals surface area (Å²) in [5.74, 6) is -0.808. The van der Waals surface area contributed by atoms with Crippen molar-refractivity contribution in [1.82, 2.24) is 0 Å². The molecule has 744 valence electrons. The molecule has 0 bridgehead atoms. The highest BCUT2D eigenvalue weighted by atomic mass is 35.5. The van der Waals surface area contributed by atoms with Gasteiger partial charge in [-0.15, -0.1) is 0 Å². The van der Waals surface area contributed by atoms with Crippen LogP contribution in [0.25, 0.3) is 0 Å². The monoisotopic (exact) mass is 1990 g/mol. The maximum absolute atomic E-state index is 13.4. The first-order valence-corrected chi connectivity index (χ1v) is 44.1. The first-order valence-electron chi connectivity index (χ1n) is 42.2. The van der Waals surface area contributed by atoms with Crippen LogP contribution in [0, 0.1) is 61.6 Å². The fourth-order valence-corrected chi connectivity index (χ4v) is 14.4. The molecule has 2 nitrogen and oxygen atoms in total. The number of aryl methyl sites for hydroxylation is 6. The lowest BCUT2D eigenvalue weighted by molar-refractivity contribution is -0.138. The second-order valence-electron chi connectivity index (χ2n) is 41.0. The number of hydrogen-bond donors (Lipinski definition) is 0. The standard InChI is InChI=1S/6C12H15F3.C11H12F4.C10H9Cl5.2C5H10O/c4*1-8-5-9(11(2,3)4)7-10(6-8)12(13,14)15;2*1-8-5-6-9(12(13,14)15)7-10(8)11(2,3)4;1-10(2,3)8-5-4-7(6-9(8)12)11(13,14)15;1-10(2,3)4-5(11)7(13)9(15)8(14)6(4)12;2*1-6-4-2-3-5-6/h6*5-7H,1-4H3;4-6H,1-3H3;1-3H3;2*1-5H2. The van der Waals surface area contributed by atoms with Gasteiger partial charge in [-0.1, -0.05) is 303 Å². The molecule has 0 unspecified atom stereocenters. The van der Waals surface area contributed by atoms with Gasteiger partial charge in [-0.2, -0.15) is 92.2 Å². The predicted molar refractivity (Wildman–Crippen MR) is 500 cm³/mol. The van der Waals surface area contributed by atoms with Crippen LogP contribution in [0.4, 0.5) is 96.6 Å². The lowest BCUT2D eigenvalue weighted by Gasteiger charge is -2.24. The maximum atomic E-state index is 13.4. The normalized spacial score (nSPS) is 14.0. The number of rotatable bonds is 0. The van der Waals surface area contributed by atoms with Crippen LogP contribution in [0.1, 0.15) is 309 Å². The molecule has 8 aromatic rings. The second-order valence-corrected chi connectivity index (χ2v) is 42.9. The molecule has 29 heteroatoms. The molecule has 2 heterocycles. The third kappa shape index (κ3) is 42.7. The van der Waals surface area contributed by atoms with Gasteiger partial charge in [-0.25, -0.2) is 4.39 Å². The van der Waals surface area contributed by atoms with E-state index in [9.17, 15) is 96.6 Å². The molecule has 8 aromatic carbocycles. The summed E-state index contributed by atoms with van der Waals surface area (Å²) in [7, 11) is 7.38. The molecule has 2 aliphatic heterocycles.